The van der Waals surface area contributed by atoms with Gasteiger partial charge in [-0.15, -0.1) is 11.8 Å². The lowest BCUT2D eigenvalue weighted by molar-refractivity contribution is -0.113. The number of fused-ring (bicyclic) bond motifs is 1. The maximum Gasteiger partial charge on any atom is 0.283 e. The number of aromatic amines is 1. The zero-order valence-corrected chi connectivity index (χ0v) is 18.6. The molecule has 0 radical (unpaired) electrons. The van der Waals surface area contributed by atoms with Gasteiger partial charge in [-0.25, -0.2) is 9.89 Å². The van der Waals surface area contributed by atoms with E-state index in [1.165, 1.54) is 4.90 Å². The molecule has 0 aliphatic carbocycles. The topological polar surface area (TPSA) is 48.5 Å². The van der Waals surface area contributed by atoms with Crippen molar-refractivity contribution < 1.29 is 4.79 Å². The van der Waals surface area contributed by atoms with E-state index in [0.29, 0.717) is 11.5 Å². The normalized spacial score (nSPS) is 15.0. The third kappa shape index (κ3) is 3.99. The number of hydrogen-bond donors (Lipinski definition) is 1. The van der Waals surface area contributed by atoms with Crippen LogP contribution in [0, 0.1) is 0 Å². The van der Waals surface area contributed by atoms with Gasteiger partial charge < -0.3 is 4.98 Å². The zero-order chi connectivity index (χ0) is 21.9. The Labute approximate surface area is 191 Å². The average molecular weight is 438 g/mol. The Hall–Kier alpha value is -3.57. The summed E-state index contributed by atoms with van der Waals surface area (Å²) in [6.07, 6.45) is 2.98. The zero-order valence-electron chi connectivity index (χ0n) is 17.8. The van der Waals surface area contributed by atoms with Gasteiger partial charge in [-0.1, -0.05) is 67.6 Å². The van der Waals surface area contributed by atoms with Crippen molar-refractivity contribution in [1.82, 2.24) is 4.98 Å². The van der Waals surface area contributed by atoms with Crippen LogP contribution in [-0.4, -0.2) is 22.5 Å². The average Bonchev–Trinajstić information content (AvgIpc) is 3.39. The fraction of sp³-hybridized carbons (Fsp3) is 0.111. The first kappa shape index (κ1) is 20.3. The summed E-state index contributed by atoms with van der Waals surface area (Å²) in [4.78, 5) is 24.6. The molecule has 0 saturated heterocycles. The molecule has 0 bridgehead atoms. The number of thioether (sulfide) groups is 1. The maximum absolute atomic E-state index is 13.5. The van der Waals surface area contributed by atoms with Gasteiger partial charge in [-0.05, 0) is 48.1 Å². The maximum atomic E-state index is 13.5. The van der Waals surface area contributed by atoms with Gasteiger partial charge in [0, 0.05) is 21.4 Å². The number of anilines is 1. The Balaban J connectivity index is 1.57. The van der Waals surface area contributed by atoms with Crippen molar-refractivity contribution in [2.75, 3.05) is 10.7 Å². The van der Waals surface area contributed by atoms with Crippen LogP contribution in [0.25, 0.3) is 17.0 Å². The molecule has 1 N–H and O–H groups in total. The molecule has 1 aromatic heterocycles. The Morgan fingerprint density at radius 1 is 0.969 bits per heavy atom. The highest BCUT2D eigenvalue weighted by molar-refractivity contribution is 7.99. The first-order valence-electron chi connectivity index (χ1n) is 10.7. The van der Waals surface area contributed by atoms with E-state index in [2.05, 4.69) is 30.1 Å². The number of amides is 1. The van der Waals surface area contributed by atoms with Crippen molar-refractivity contribution in [1.29, 1.82) is 0 Å². The van der Waals surface area contributed by atoms with Crippen LogP contribution < -0.4 is 4.90 Å². The molecule has 5 heteroatoms. The number of rotatable bonds is 6. The van der Waals surface area contributed by atoms with Gasteiger partial charge in [0.15, 0.2) is 0 Å². The fourth-order valence-electron chi connectivity index (χ4n) is 3.75. The fourth-order valence-corrected chi connectivity index (χ4v) is 4.57. The Kier molecular flexibility index (Phi) is 5.65. The predicted molar refractivity (Wildman–Crippen MR) is 134 cm³/mol. The predicted octanol–water partition coefficient (Wildman–Crippen LogP) is 6.50. The summed E-state index contributed by atoms with van der Waals surface area (Å²) in [7, 11) is 0. The molecule has 4 nitrogen and oxygen atoms in total. The van der Waals surface area contributed by atoms with E-state index < -0.39 is 0 Å². The van der Waals surface area contributed by atoms with Crippen LogP contribution in [0.1, 0.15) is 24.5 Å². The molecule has 158 valence electrons. The number of amidine groups is 1. The highest BCUT2D eigenvalue weighted by atomic mass is 32.2. The van der Waals surface area contributed by atoms with Crippen molar-refractivity contribution >= 4 is 46.3 Å². The number of aromatic nitrogens is 1. The summed E-state index contributed by atoms with van der Waals surface area (Å²) in [5.74, 6) is 2.30. The standard InChI is InChI=1S/C27H23N3OS/c1-2-15-32-22-13-14-23-21(17-22)18-25(28-23)30-26(20-11-7-4-8-12-20)29-24(27(30)31)16-19-9-5-3-6-10-19/h3-14,16-18,28H,2,15H2,1H3/b24-16-. The molecule has 3 aromatic carbocycles. The van der Waals surface area contributed by atoms with E-state index in [4.69, 9.17) is 4.99 Å². The minimum Gasteiger partial charge on any atom is -0.341 e. The molecule has 0 unspecified atom stereocenters. The van der Waals surface area contributed by atoms with Crippen molar-refractivity contribution in [3.8, 4) is 0 Å². The van der Waals surface area contributed by atoms with Gasteiger partial charge in [0.1, 0.15) is 17.4 Å². The third-order valence-corrected chi connectivity index (χ3v) is 6.49. The van der Waals surface area contributed by atoms with Gasteiger partial charge >= 0.3 is 0 Å². The van der Waals surface area contributed by atoms with Crippen LogP contribution in [0.4, 0.5) is 5.82 Å². The Bertz CT molecular complexity index is 1320. The molecule has 0 fully saturated rings. The second-order valence-electron chi connectivity index (χ2n) is 7.63. The summed E-state index contributed by atoms with van der Waals surface area (Å²) in [6, 6.07) is 28.1. The molecular formula is C27H23N3OS. The molecule has 0 saturated carbocycles. The first-order chi connectivity index (χ1) is 15.7. The van der Waals surface area contributed by atoms with Crippen molar-refractivity contribution in [2.45, 2.75) is 18.2 Å². The van der Waals surface area contributed by atoms with E-state index >= 15 is 0 Å². The van der Waals surface area contributed by atoms with Crippen LogP contribution in [0.2, 0.25) is 0 Å². The minimum atomic E-state index is -0.139. The van der Waals surface area contributed by atoms with Crippen LogP contribution in [0.15, 0.2) is 101 Å². The monoisotopic (exact) mass is 437 g/mol. The van der Waals surface area contributed by atoms with Crippen LogP contribution in [0.5, 0.6) is 0 Å². The molecular weight excluding hydrogens is 414 g/mol. The summed E-state index contributed by atoms with van der Waals surface area (Å²) in [5, 5.41) is 1.09. The number of carbonyl (C=O) groups excluding carboxylic acids is 1. The van der Waals surface area contributed by atoms with E-state index in [1.54, 1.807) is 4.90 Å². The number of benzene rings is 3. The Morgan fingerprint density at radius 3 is 2.47 bits per heavy atom. The second-order valence-corrected chi connectivity index (χ2v) is 8.80. The molecule has 32 heavy (non-hydrogen) atoms. The summed E-state index contributed by atoms with van der Waals surface area (Å²) < 4.78 is 0. The van der Waals surface area contributed by atoms with Crippen molar-refractivity contribution in [3.63, 3.8) is 0 Å². The van der Waals surface area contributed by atoms with Crippen LogP contribution in [-0.2, 0) is 4.79 Å². The van der Waals surface area contributed by atoms with Crippen LogP contribution >= 0.6 is 11.8 Å². The number of nitrogens with zero attached hydrogens (tertiary/aromatic N) is 2. The number of aliphatic imine (C=N–C) groups is 1. The molecule has 1 amide bonds. The summed E-state index contributed by atoms with van der Waals surface area (Å²) in [6.45, 7) is 2.18. The van der Waals surface area contributed by atoms with Gasteiger partial charge in [-0.3, -0.25) is 4.79 Å². The van der Waals surface area contributed by atoms with Crippen molar-refractivity contribution in [3.05, 3.63) is 102 Å². The number of nitrogens with one attached hydrogen (secondary N) is 1. The third-order valence-electron chi connectivity index (χ3n) is 5.29. The first-order valence-corrected chi connectivity index (χ1v) is 11.7. The number of H-pyrrole nitrogens is 1. The highest BCUT2D eigenvalue weighted by Crippen LogP contribution is 2.32. The molecule has 0 spiro atoms. The smallest absolute Gasteiger partial charge is 0.283 e. The quantitative estimate of drug-likeness (QED) is 0.276. The van der Waals surface area contributed by atoms with E-state index in [9.17, 15) is 4.79 Å². The highest BCUT2D eigenvalue weighted by Gasteiger charge is 2.33. The molecule has 2 heterocycles. The van der Waals surface area contributed by atoms with Crippen molar-refractivity contribution in [2.24, 2.45) is 4.99 Å². The second kappa shape index (κ2) is 8.89. The lowest BCUT2D eigenvalue weighted by Crippen LogP contribution is -2.32. The van der Waals surface area contributed by atoms with Gasteiger partial charge in [0.05, 0.1) is 0 Å². The van der Waals surface area contributed by atoms with Gasteiger partial charge in [0.25, 0.3) is 5.91 Å². The lowest BCUT2D eigenvalue weighted by atomic mass is 10.2. The number of carbonyl (C=O) groups is 1. The molecule has 4 aromatic rings. The molecule has 0 atom stereocenters. The lowest BCUT2D eigenvalue weighted by Gasteiger charge is -2.16. The summed E-state index contributed by atoms with van der Waals surface area (Å²) in [5.41, 5.74) is 3.27. The largest absolute Gasteiger partial charge is 0.341 e. The molecule has 1 aliphatic heterocycles. The van der Waals surface area contributed by atoms with Gasteiger partial charge in [-0.2, -0.15) is 0 Å². The van der Waals surface area contributed by atoms with E-state index in [0.717, 1.165) is 40.0 Å². The van der Waals surface area contributed by atoms with E-state index in [1.807, 2.05) is 84.6 Å². The SMILES string of the molecule is CCCSc1ccc2[nH]c(N3C(=O)/C(=C/c4ccccc4)N=C3c3ccccc3)cc2c1. The van der Waals surface area contributed by atoms with Crippen LogP contribution in [0.3, 0.4) is 0 Å². The Morgan fingerprint density at radius 2 is 1.72 bits per heavy atom. The van der Waals surface area contributed by atoms with Gasteiger partial charge in [0.2, 0.25) is 0 Å². The van der Waals surface area contributed by atoms with E-state index in [-0.39, 0.29) is 5.91 Å². The number of hydrogen-bond acceptors (Lipinski definition) is 3. The molecule has 1 aliphatic rings. The molecule has 5 rings (SSSR count). The summed E-state index contributed by atoms with van der Waals surface area (Å²) >= 11 is 1.85. The minimum absolute atomic E-state index is 0.139.